The van der Waals surface area contributed by atoms with E-state index in [9.17, 15) is 8.78 Å². The first kappa shape index (κ1) is 11.5. The quantitative estimate of drug-likeness (QED) is 0.770. The van der Waals surface area contributed by atoms with Crippen LogP contribution in [0.1, 0.15) is 5.56 Å². The summed E-state index contributed by atoms with van der Waals surface area (Å²) < 4.78 is 27.8. The van der Waals surface area contributed by atoms with Crippen LogP contribution in [0, 0.1) is 11.8 Å². The third kappa shape index (κ3) is 4.43. The minimum atomic E-state index is -2.79. The minimum Gasteiger partial charge on any atom is -0.435 e. The smallest absolute Gasteiger partial charge is 0.387 e. The van der Waals surface area contributed by atoms with Crippen molar-refractivity contribution in [3.63, 3.8) is 0 Å². The van der Waals surface area contributed by atoms with Gasteiger partial charge in [-0.25, -0.2) is 0 Å². The SMILES string of the molecule is CNCC#Cc1ccc(OC(F)F)cc1. The lowest BCUT2D eigenvalue weighted by Gasteiger charge is -2.02. The summed E-state index contributed by atoms with van der Waals surface area (Å²) >= 11 is 0. The van der Waals surface area contributed by atoms with E-state index in [-0.39, 0.29) is 5.75 Å². The molecular weight excluding hydrogens is 200 g/mol. The Balaban J connectivity index is 2.61. The van der Waals surface area contributed by atoms with Gasteiger partial charge in [-0.15, -0.1) is 0 Å². The molecule has 0 spiro atoms. The van der Waals surface area contributed by atoms with E-state index >= 15 is 0 Å². The van der Waals surface area contributed by atoms with Gasteiger partial charge in [-0.2, -0.15) is 8.78 Å². The Morgan fingerprint density at radius 1 is 1.33 bits per heavy atom. The first-order chi connectivity index (χ1) is 7.22. The van der Waals surface area contributed by atoms with Gasteiger partial charge in [-0.1, -0.05) is 11.8 Å². The molecule has 0 radical (unpaired) electrons. The van der Waals surface area contributed by atoms with Crippen LogP contribution in [-0.4, -0.2) is 20.2 Å². The lowest BCUT2D eigenvalue weighted by molar-refractivity contribution is -0.0498. The molecule has 80 valence electrons. The molecule has 2 nitrogen and oxygen atoms in total. The van der Waals surface area contributed by atoms with Crippen LogP contribution in [-0.2, 0) is 0 Å². The van der Waals surface area contributed by atoms with Crippen molar-refractivity contribution in [2.24, 2.45) is 0 Å². The second kappa shape index (κ2) is 5.99. The van der Waals surface area contributed by atoms with Crippen LogP contribution in [0.5, 0.6) is 5.75 Å². The molecule has 0 unspecified atom stereocenters. The maximum atomic E-state index is 11.8. The molecule has 0 bridgehead atoms. The molecular formula is C11H11F2NO. The average Bonchev–Trinajstić information content (AvgIpc) is 2.20. The van der Waals surface area contributed by atoms with Crippen LogP contribution in [0.4, 0.5) is 8.78 Å². The molecule has 4 heteroatoms. The van der Waals surface area contributed by atoms with Crippen molar-refractivity contribution in [2.45, 2.75) is 6.61 Å². The molecule has 1 rings (SSSR count). The summed E-state index contributed by atoms with van der Waals surface area (Å²) in [5, 5.41) is 2.88. The first-order valence-corrected chi connectivity index (χ1v) is 4.40. The summed E-state index contributed by atoms with van der Waals surface area (Å²) in [6, 6.07) is 6.21. The molecule has 1 aromatic rings. The molecule has 15 heavy (non-hydrogen) atoms. The molecule has 0 aliphatic rings. The lowest BCUT2D eigenvalue weighted by Crippen LogP contribution is -2.04. The van der Waals surface area contributed by atoms with Gasteiger partial charge >= 0.3 is 6.61 Å². The van der Waals surface area contributed by atoms with Gasteiger partial charge in [0, 0.05) is 5.56 Å². The van der Waals surface area contributed by atoms with Gasteiger partial charge in [-0.05, 0) is 31.3 Å². The van der Waals surface area contributed by atoms with Gasteiger partial charge in [0.05, 0.1) is 6.54 Å². The zero-order valence-electron chi connectivity index (χ0n) is 8.26. The number of nitrogens with one attached hydrogen (secondary N) is 1. The van der Waals surface area contributed by atoms with Gasteiger partial charge in [-0.3, -0.25) is 0 Å². The van der Waals surface area contributed by atoms with Gasteiger partial charge in [0.1, 0.15) is 5.75 Å². The predicted octanol–water partition coefficient (Wildman–Crippen LogP) is 1.86. The first-order valence-electron chi connectivity index (χ1n) is 4.40. The summed E-state index contributed by atoms with van der Waals surface area (Å²) in [5.74, 6) is 5.87. The van der Waals surface area contributed by atoms with E-state index < -0.39 is 6.61 Å². The number of hydrogen-bond acceptors (Lipinski definition) is 2. The van der Waals surface area contributed by atoms with Crippen molar-refractivity contribution in [3.05, 3.63) is 29.8 Å². The Hall–Kier alpha value is -1.60. The number of ether oxygens (including phenoxy) is 1. The Morgan fingerprint density at radius 2 is 2.00 bits per heavy atom. The van der Waals surface area contributed by atoms with E-state index in [2.05, 4.69) is 21.9 Å². The molecule has 0 saturated heterocycles. The van der Waals surface area contributed by atoms with Gasteiger partial charge < -0.3 is 10.1 Å². The van der Waals surface area contributed by atoms with Crippen molar-refractivity contribution in [1.82, 2.24) is 5.32 Å². The van der Waals surface area contributed by atoms with Crippen molar-refractivity contribution < 1.29 is 13.5 Å². The zero-order valence-corrected chi connectivity index (χ0v) is 8.26. The van der Waals surface area contributed by atoms with Gasteiger partial charge in [0.2, 0.25) is 0 Å². The Morgan fingerprint density at radius 3 is 2.53 bits per heavy atom. The van der Waals surface area contributed by atoms with Crippen LogP contribution in [0.3, 0.4) is 0 Å². The molecule has 0 heterocycles. The van der Waals surface area contributed by atoms with Crippen LogP contribution in [0.2, 0.25) is 0 Å². The lowest BCUT2D eigenvalue weighted by atomic mass is 10.2. The Labute approximate surface area is 87.2 Å². The number of benzene rings is 1. The van der Waals surface area contributed by atoms with E-state index in [1.165, 1.54) is 12.1 Å². The van der Waals surface area contributed by atoms with E-state index in [0.717, 1.165) is 5.56 Å². The zero-order chi connectivity index (χ0) is 11.1. The fourth-order valence-corrected chi connectivity index (χ4v) is 0.954. The molecule has 0 aromatic heterocycles. The van der Waals surface area contributed by atoms with Crippen LogP contribution < -0.4 is 10.1 Å². The highest BCUT2D eigenvalue weighted by Crippen LogP contribution is 2.14. The van der Waals surface area contributed by atoms with Gasteiger partial charge in [0.15, 0.2) is 0 Å². The minimum absolute atomic E-state index is 0.143. The van der Waals surface area contributed by atoms with Crippen molar-refractivity contribution in [2.75, 3.05) is 13.6 Å². The molecule has 0 atom stereocenters. The molecule has 0 aliphatic heterocycles. The van der Waals surface area contributed by atoms with Crippen LogP contribution in [0.25, 0.3) is 0 Å². The maximum absolute atomic E-state index is 11.8. The summed E-state index contributed by atoms with van der Waals surface area (Å²) in [5.41, 5.74) is 0.770. The van der Waals surface area contributed by atoms with Crippen LogP contribution in [0.15, 0.2) is 24.3 Å². The average molecular weight is 211 g/mol. The monoisotopic (exact) mass is 211 g/mol. The Bertz CT molecular complexity index is 351. The fourth-order valence-electron chi connectivity index (χ4n) is 0.954. The third-order valence-electron chi connectivity index (χ3n) is 1.58. The fraction of sp³-hybridized carbons (Fsp3) is 0.273. The second-order valence-electron chi connectivity index (χ2n) is 2.73. The van der Waals surface area contributed by atoms with Crippen molar-refractivity contribution in [1.29, 1.82) is 0 Å². The number of rotatable bonds is 3. The van der Waals surface area contributed by atoms with E-state index in [1.807, 2.05) is 0 Å². The molecule has 0 aliphatic carbocycles. The van der Waals surface area contributed by atoms with Crippen molar-refractivity contribution >= 4 is 0 Å². The molecule has 0 fully saturated rings. The normalized spacial score (nSPS) is 9.60. The topological polar surface area (TPSA) is 21.3 Å². The van der Waals surface area contributed by atoms with E-state index in [4.69, 9.17) is 0 Å². The standard InChI is InChI=1S/C11H11F2NO/c1-14-8-2-3-9-4-6-10(7-5-9)15-11(12)13/h4-7,11,14H,8H2,1H3. The van der Waals surface area contributed by atoms with E-state index in [1.54, 1.807) is 19.2 Å². The van der Waals surface area contributed by atoms with Crippen LogP contribution >= 0.6 is 0 Å². The molecule has 1 aromatic carbocycles. The number of hydrogen-bond donors (Lipinski definition) is 1. The summed E-state index contributed by atoms with van der Waals surface area (Å²) in [7, 11) is 1.80. The Kier molecular flexibility index (Phi) is 4.58. The van der Waals surface area contributed by atoms with Crippen molar-refractivity contribution in [3.8, 4) is 17.6 Å². The maximum Gasteiger partial charge on any atom is 0.387 e. The highest BCUT2D eigenvalue weighted by Gasteiger charge is 2.02. The number of alkyl halides is 2. The number of halogens is 2. The highest BCUT2D eigenvalue weighted by atomic mass is 19.3. The molecule has 1 N–H and O–H groups in total. The largest absolute Gasteiger partial charge is 0.435 e. The van der Waals surface area contributed by atoms with E-state index in [0.29, 0.717) is 6.54 Å². The third-order valence-corrected chi connectivity index (χ3v) is 1.58. The van der Waals surface area contributed by atoms with Gasteiger partial charge in [0.25, 0.3) is 0 Å². The highest BCUT2D eigenvalue weighted by molar-refractivity contribution is 5.38. The summed E-state index contributed by atoms with van der Waals surface area (Å²) in [4.78, 5) is 0. The molecule has 0 saturated carbocycles. The predicted molar refractivity (Wildman–Crippen MR) is 53.9 cm³/mol. The second-order valence-corrected chi connectivity index (χ2v) is 2.73. The summed E-state index contributed by atoms with van der Waals surface area (Å²) in [6.45, 7) is -2.19. The summed E-state index contributed by atoms with van der Waals surface area (Å²) in [6.07, 6.45) is 0. The molecule has 0 amide bonds.